The lowest BCUT2D eigenvalue weighted by Gasteiger charge is -2.25. The molecule has 0 spiro atoms. The Kier molecular flexibility index (Phi) is 3.57. The first-order chi connectivity index (χ1) is 10.1. The summed E-state index contributed by atoms with van der Waals surface area (Å²) in [5.74, 6) is 0.0983. The normalized spacial score (nSPS) is 18.4. The molecule has 0 radical (unpaired) electrons. The summed E-state index contributed by atoms with van der Waals surface area (Å²) >= 11 is 0. The minimum absolute atomic E-state index is 0.0983. The third-order valence-corrected chi connectivity index (χ3v) is 4.26. The minimum Gasteiger partial charge on any atom is -0.353 e. The van der Waals surface area contributed by atoms with Crippen molar-refractivity contribution in [2.75, 3.05) is 6.54 Å². The van der Waals surface area contributed by atoms with Gasteiger partial charge in [-0.25, -0.2) is 0 Å². The molecule has 1 amide bonds. The SMILES string of the molecule is CCn1nc(C)cc1C(=O)N1CCC[C@@H]1c1cccn1C. The van der Waals surface area contributed by atoms with Crippen LogP contribution < -0.4 is 0 Å². The fourth-order valence-corrected chi connectivity index (χ4v) is 3.24. The molecule has 1 aliphatic heterocycles. The van der Waals surface area contributed by atoms with Crippen molar-refractivity contribution >= 4 is 5.91 Å². The molecule has 0 unspecified atom stereocenters. The second-order valence-electron chi connectivity index (χ2n) is 5.69. The third-order valence-electron chi connectivity index (χ3n) is 4.26. The zero-order valence-corrected chi connectivity index (χ0v) is 12.9. The molecule has 5 heteroatoms. The van der Waals surface area contributed by atoms with Gasteiger partial charge >= 0.3 is 0 Å². The van der Waals surface area contributed by atoms with E-state index >= 15 is 0 Å². The van der Waals surface area contributed by atoms with Crippen molar-refractivity contribution in [2.45, 2.75) is 39.3 Å². The maximum atomic E-state index is 12.9. The monoisotopic (exact) mass is 286 g/mol. The number of carbonyl (C=O) groups is 1. The number of amides is 1. The molecular weight excluding hydrogens is 264 g/mol. The Bertz CT molecular complexity index is 655. The van der Waals surface area contributed by atoms with Crippen LogP contribution in [0, 0.1) is 6.92 Å². The van der Waals surface area contributed by atoms with Crippen LogP contribution in [0.1, 0.15) is 47.7 Å². The number of rotatable bonds is 3. The lowest BCUT2D eigenvalue weighted by atomic mass is 10.1. The van der Waals surface area contributed by atoms with Gasteiger partial charge in [-0.15, -0.1) is 0 Å². The van der Waals surface area contributed by atoms with Crippen molar-refractivity contribution in [3.05, 3.63) is 41.5 Å². The van der Waals surface area contributed by atoms with Crippen molar-refractivity contribution in [1.82, 2.24) is 19.2 Å². The third kappa shape index (κ3) is 2.37. The number of aromatic nitrogens is 3. The summed E-state index contributed by atoms with van der Waals surface area (Å²) < 4.78 is 3.91. The Morgan fingerprint density at radius 3 is 2.95 bits per heavy atom. The quantitative estimate of drug-likeness (QED) is 0.870. The highest BCUT2D eigenvalue weighted by Gasteiger charge is 2.33. The number of likely N-dealkylation sites (tertiary alicyclic amines) is 1. The van der Waals surface area contributed by atoms with Crippen molar-refractivity contribution in [3.8, 4) is 0 Å². The van der Waals surface area contributed by atoms with E-state index in [0.29, 0.717) is 5.69 Å². The fourth-order valence-electron chi connectivity index (χ4n) is 3.24. The molecule has 2 aromatic rings. The summed E-state index contributed by atoms with van der Waals surface area (Å²) in [5.41, 5.74) is 2.81. The van der Waals surface area contributed by atoms with Crippen molar-refractivity contribution in [3.63, 3.8) is 0 Å². The van der Waals surface area contributed by atoms with Crippen LogP contribution in [0.4, 0.5) is 0 Å². The molecule has 0 aliphatic carbocycles. The Hall–Kier alpha value is -2.04. The summed E-state index contributed by atoms with van der Waals surface area (Å²) in [6.07, 6.45) is 4.13. The van der Waals surface area contributed by atoms with Crippen LogP contribution in [0.3, 0.4) is 0 Å². The van der Waals surface area contributed by atoms with E-state index in [1.54, 1.807) is 4.68 Å². The van der Waals surface area contributed by atoms with Crippen molar-refractivity contribution in [2.24, 2.45) is 7.05 Å². The van der Waals surface area contributed by atoms with E-state index in [2.05, 4.69) is 15.7 Å². The zero-order valence-electron chi connectivity index (χ0n) is 12.9. The van der Waals surface area contributed by atoms with E-state index in [9.17, 15) is 4.79 Å². The number of nitrogens with zero attached hydrogens (tertiary/aromatic N) is 4. The van der Waals surface area contributed by atoms with Gasteiger partial charge in [0, 0.05) is 32.0 Å². The van der Waals surface area contributed by atoms with Gasteiger partial charge in [-0.2, -0.15) is 5.10 Å². The number of hydrogen-bond donors (Lipinski definition) is 0. The van der Waals surface area contributed by atoms with Gasteiger partial charge in [0.1, 0.15) is 5.69 Å². The first-order valence-corrected chi connectivity index (χ1v) is 7.58. The van der Waals surface area contributed by atoms with Crippen LogP contribution in [0.5, 0.6) is 0 Å². The zero-order chi connectivity index (χ0) is 15.0. The Morgan fingerprint density at radius 1 is 1.48 bits per heavy atom. The van der Waals surface area contributed by atoms with Gasteiger partial charge in [-0.05, 0) is 44.9 Å². The van der Waals surface area contributed by atoms with Gasteiger partial charge < -0.3 is 9.47 Å². The molecule has 1 saturated heterocycles. The van der Waals surface area contributed by atoms with Crippen molar-refractivity contribution < 1.29 is 4.79 Å². The molecule has 112 valence electrons. The summed E-state index contributed by atoms with van der Waals surface area (Å²) in [6.45, 7) is 5.49. The lowest BCUT2D eigenvalue weighted by molar-refractivity contribution is 0.0718. The molecule has 0 saturated carbocycles. The van der Waals surface area contributed by atoms with E-state index in [4.69, 9.17) is 0 Å². The maximum Gasteiger partial charge on any atom is 0.272 e. The molecule has 21 heavy (non-hydrogen) atoms. The Morgan fingerprint density at radius 2 is 2.29 bits per heavy atom. The molecule has 1 atom stereocenters. The smallest absolute Gasteiger partial charge is 0.272 e. The molecule has 2 aromatic heterocycles. The Labute approximate surface area is 125 Å². The van der Waals surface area contributed by atoms with Gasteiger partial charge in [-0.1, -0.05) is 0 Å². The second-order valence-corrected chi connectivity index (χ2v) is 5.69. The van der Waals surface area contributed by atoms with E-state index in [-0.39, 0.29) is 11.9 Å². The number of hydrogen-bond acceptors (Lipinski definition) is 2. The number of carbonyl (C=O) groups excluding carboxylic acids is 1. The summed E-state index contributed by atoms with van der Waals surface area (Å²) in [4.78, 5) is 14.9. The van der Waals surface area contributed by atoms with Crippen LogP contribution in [0.25, 0.3) is 0 Å². The van der Waals surface area contributed by atoms with Crippen molar-refractivity contribution in [1.29, 1.82) is 0 Å². The maximum absolute atomic E-state index is 12.9. The van der Waals surface area contributed by atoms with E-state index in [0.717, 1.165) is 31.6 Å². The lowest BCUT2D eigenvalue weighted by Crippen LogP contribution is -2.33. The fraction of sp³-hybridized carbons (Fsp3) is 0.500. The molecule has 5 nitrogen and oxygen atoms in total. The topological polar surface area (TPSA) is 43.1 Å². The molecule has 0 aromatic carbocycles. The first-order valence-electron chi connectivity index (χ1n) is 7.58. The average molecular weight is 286 g/mol. The highest BCUT2D eigenvalue weighted by atomic mass is 16.2. The predicted octanol–water partition coefficient (Wildman–Crippen LogP) is 2.53. The summed E-state index contributed by atoms with van der Waals surface area (Å²) in [7, 11) is 2.04. The van der Waals surface area contributed by atoms with Crippen LogP contribution in [0.2, 0.25) is 0 Å². The molecule has 0 N–H and O–H groups in total. The minimum atomic E-state index is 0.0983. The molecule has 3 heterocycles. The van der Waals surface area contributed by atoms with Crippen LogP contribution in [-0.2, 0) is 13.6 Å². The van der Waals surface area contributed by atoms with Gasteiger partial charge in [0.05, 0.1) is 11.7 Å². The highest BCUT2D eigenvalue weighted by molar-refractivity contribution is 5.93. The van der Waals surface area contributed by atoms with E-state index < -0.39 is 0 Å². The molecular formula is C16H22N4O. The predicted molar refractivity (Wildman–Crippen MR) is 81.1 cm³/mol. The first kappa shape index (κ1) is 13.9. The van der Waals surface area contributed by atoms with Gasteiger partial charge in [0.25, 0.3) is 5.91 Å². The van der Waals surface area contributed by atoms with Gasteiger partial charge in [-0.3, -0.25) is 9.48 Å². The second kappa shape index (κ2) is 5.39. The molecule has 1 fully saturated rings. The van der Waals surface area contributed by atoms with Gasteiger partial charge in [0.2, 0.25) is 0 Å². The highest BCUT2D eigenvalue weighted by Crippen LogP contribution is 2.33. The van der Waals surface area contributed by atoms with E-state index in [1.807, 2.05) is 44.1 Å². The Balaban J connectivity index is 1.91. The molecule has 3 rings (SSSR count). The van der Waals surface area contributed by atoms with E-state index in [1.165, 1.54) is 5.69 Å². The van der Waals surface area contributed by atoms with Crippen LogP contribution >= 0.6 is 0 Å². The largest absolute Gasteiger partial charge is 0.353 e. The average Bonchev–Trinajstić information content (AvgIpc) is 3.16. The summed E-state index contributed by atoms with van der Waals surface area (Å²) in [6, 6.07) is 6.22. The summed E-state index contributed by atoms with van der Waals surface area (Å²) in [5, 5.41) is 4.39. The van der Waals surface area contributed by atoms with Crippen LogP contribution in [0.15, 0.2) is 24.4 Å². The van der Waals surface area contributed by atoms with Crippen LogP contribution in [-0.4, -0.2) is 31.7 Å². The van der Waals surface area contributed by atoms with Gasteiger partial charge in [0.15, 0.2) is 0 Å². The molecule has 0 bridgehead atoms. The standard InChI is InChI=1S/C16H22N4O/c1-4-20-15(11-12(2)17-20)16(21)19-10-6-8-14(19)13-7-5-9-18(13)3/h5,7,9,11,14H,4,6,8,10H2,1-3H3/t14-/m1/s1. The number of aryl methyl sites for hydroxylation is 3. The molecule has 1 aliphatic rings.